The average molecular weight is 451 g/mol. The van der Waals surface area contributed by atoms with Crippen LogP contribution >= 0.6 is 11.3 Å². The second kappa shape index (κ2) is 7.83. The highest BCUT2D eigenvalue weighted by Crippen LogP contribution is 2.35. The molecule has 0 atom stereocenters. The molecule has 1 amide bonds. The highest BCUT2D eigenvalue weighted by atomic mass is 32.1. The quantitative estimate of drug-likeness (QED) is 0.463. The third kappa shape index (κ3) is 4.11. The van der Waals surface area contributed by atoms with Crippen LogP contribution in [0.2, 0.25) is 0 Å². The number of aryl methyl sites for hydroxylation is 1. The zero-order valence-corrected chi connectivity index (χ0v) is 18.7. The van der Waals surface area contributed by atoms with Gasteiger partial charge in [0.05, 0.1) is 6.20 Å². The fraction of sp³-hybridized carbons (Fsp3) is 0.333. The molecule has 0 spiro atoms. The van der Waals surface area contributed by atoms with Crippen molar-refractivity contribution in [3.63, 3.8) is 0 Å². The molecule has 5 rings (SSSR count). The van der Waals surface area contributed by atoms with Crippen LogP contribution in [0.5, 0.6) is 11.6 Å². The van der Waals surface area contributed by atoms with Gasteiger partial charge in [0.15, 0.2) is 21.4 Å². The lowest BCUT2D eigenvalue weighted by molar-refractivity contribution is -0.114. The number of amides is 1. The van der Waals surface area contributed by atoms with Gasteiger partial charge in [-0.3, -0.25) is 9.48 Å². The van der Waals surface area contributed by atoms with E-state index < -0.39 is 0 Å². The van der Waals surface area contributed by atoms with Gasteiger partial charge in [-0.25, -0.2) is 9.97 Å². The number of nitrogens with one attached hydrogen (secondary N) is 2. The molecule has 0 fully saturated rings. The number of nitrogens with zero attached hydrogens (tertiary/aromatic N) is 6. The van der Waals surface area contributed by atoms with Gasteiger partial charge in [-0.2, -0.15) is 15.1 Å². The first kappa shape index (κ1) is 20.3. The molecule has 32 heavy (non-hydrogen) atoms. The molecule has 0 aliphatic carbocycles. The molecule has 11 heteroatoms. The maximum Gasteiger partial charge on any atom is 0.239 e. The van der Waals surface area contributed by atoms with Gasteiger partial charge >= 0.3 is 0 Å². The van der Waals surface area contributed by atoms with Crippen LogP contribution in [0.3, 0.4) is 0 Å². The second-order valence-corrected chi connectivity index (χ2v) is 9.24. The Balaban J connectivity index is 1.35. The summed E-state index contributed by atoms with van der Waals surface area (Å²) in [5.41, 5.74) is 1.87. The van der Waals surface area contributed by atoms with E-state index in [2.05, 4.69) is 60.3 Å². The van der Waals surface area contributed by atoms with E-state index in [0.29, 0.717) is 33.1 Å². The number of thiazole rings is 1. The van der Waals surface area contributed by atoms with Crippen LogP contribution in [0.4, 0.5) is 16.8 Å². The molecule has 10 nitrogen and oxygen atoms in total. The van der Waals surface area contributed by atoms with E-state index in [4.69, 9.17) is 4.74 Å². The van der Waals surface area contributed by atoms with Gasteiger partial charge in [0.2, 0.25) is 11.8 Å². The summed E-state index contributed by atoms with van der Waals surface area (Å²) in [6.07, 6.45) is 5.34. The van der Waals surface area contributed by atoms with Crippen LogP contribution in [0, 0.1) is 0 Å². The molecule has 2 N–H and O–H groups in total. The van der Waals surface area contributed by atoms with E-state index >= 15 is 0 Å². The number of hydrogen-bond acceptors (Lipinski definition) is 9. The normalized spacial score (nSPS) is 14.7. The predicted octanol–water partition coefficient (Wildman–Crippen LogP) is 4.24. The van der Waals surface area contributed by atoms with Gasteiger partial charge in [-0.15, -0.1) is 0 Å². The molecule has 0 aromatic carbocycles. The van der Waals surface area contributed by atoms with Gasteiger partial charge in [0.1, 0.15) is 11.6 Å². The predicted molar refractivity (Wildman–Crippen MR) is 122 cm³/mol. The van der Waals surface area contributed by atoms with Crippen LogP contribution < -0.4 is 15.4 Å². The Hall–Kier alpha value is -3.60. The number of aromatic nitrogens is 6. The van der Waals surface area contributed by atoms with E-state index in [1.165, 1.54) is 30.2 Å². The maximum atomic E-state index is 11.2. The summed E-state index contributed by atoms with van der Waals surface area (Å²) in [5, 5.41) is 11.3. The summed E-state index contributed by atoms with van der Waals surface area (Å²) in [4.78, 5) is 29.3. The summed E-state index contributed by atoms with van der Waals surface area (Å²) >= 11 is 1.38. The van der Waals surface area contributed by atoms with Crippen molar-refractivity contribution in [2.24, 2.45) is 0 Å². The molecule has 0 unspecified atom stereocenters. The number of rotatable bonds is 5. The van der Waals surface area contributed by atoms with Crippen molar-refractivity contribution in [2.75, 3.05) is 10.6 Å². The number of pyridine rings is 1. The number of carbonyl (C=O) groups excluding carboxylic acids is 1. The fourth-order valence-corrected chi connectivity index (χ4v) is 4.55. The van der Waals surface area contributed by atoms with Crippen molar-refractivity contribution < 1.29 is 9.53 Å². The minimum Gasteiger partial charge on any atom is -0.437 e. The molecule has 1 aliphatic rings. The zero-order valence-electron chi connectivity index (χ0n) is 17.9. The molecule has 164 valence electrons. The number of hydrogen-bond donors (Lipinski definition) is 2. The van der Waals surface area contributed by atoms with E-state index in [0.717, 1.165) is 25.2 Å². The smallest absolute Gasteiger partial charge is 0.239 e. The minimum absolute atomic E-state index is 0.112. The first-order valence-electron chi connectivity index (χ1n) is 10.3. The van der Waals surface area contributed by atoms with Crippen molar-refractivity contribution in [3.8, 4) is 11.6 Å². The van der Waals surface area contributed by atoms with Gasteiger partial charge < -0.3 is 15.4 Å². The minimum atomic E-state index is -0.206. The first-order chi connectivity index (χ1) is 15.4. The van der Waals surface area contributed by atoms with Crippen LogP contribution in [0.15, 0.2) is 30.6 Å². The number of carbonyl (C=O) groups is 1. The van der Waals surface area contributed by atoms with Crippen molar-refractivity contribution in [1.29, 1.82) is 0 Å². The Morgan fingerprint density at radius 1 is 1.22 bits per heavy atom. The lowest BCUT2D eigenvalue weighted by atomic mass is 9.82. The molecule has 5 heterocycles. The number of fused-ring (bicyclic) bond motifs is 2. The van der Waals surface area contributed by atoms with Crippen LogP contribution in [0.1, 0.15) is 39.3 Å². The van der Waals surface area contributed by atoms with Gasteiger partial charge in [0.25, 0.3) is 0 Å². The molecule has 4 aromatic heterocycles. The van der Waals surface area contributed by atoms with E-state index in [-0.39, 0.29) is 11.3 Å². The highest BCUT2D eigenvalue weighted by Gasteiger charge is 2.29. The monoisotopic (exact) mass is 450 g/mol. The highest BCUT2D eigenvalue weighted by molar-refractivity contribution is 7.21. The summed E-state index contributed by atoms with van der Waals surface area (Å²) in [5.74, 6) is 1.79. The zero-order chi connectivity index (χ0) is 22.3. The van der Waals surface area contributed by atoms with E-state index in [1.807, 2.05) is 0 Å². The van der Waals surface area contributed by atoms with Gasteiger partial charge in [-0.1, -0.05) is 25.2 Å². The number of anilines is 3. The van der Waals surface area contributed by atoms with Gasteiger partial charge in [-0.05, 0) is 18.9 Å². The first-order valence-corrected chi connectivity index (χ1v) is 11.1. The standard InChI is InChI=1S/C21H22N8O2S/c1-12(30)24-15-9-13(5-7-22-15)31-17-11-23-18-19(26-17)32-20(27-18)25-16-10-14-21(2,3)6-4-8-29(14)28-16/h5,7,9-11H,4,6,8H2,1-3H3,(H,22,24,30)(H,23,25,27,28). The number of ether oxygens (including phenoxy) is 1. The molecule has 4 aromatic rings. The molecule has 0 bridgehead atoms. The molecule has 0 saturated carbocycles. The van der Waals surface area contributed by atoms with Gasteiger partial charge in [0, 0.05) is 42.9 Å². The van der Waals surface area contributed by atoms with Crippen molar-refractivity contribution in [1.82, 2.24) is 29.7 Å². The Bertz CT molecular complexity index is 1310. The Morgan fingerprint density at radius 2 is 2.09 bits per heavy atom. The Morgan fingerprint density at radius 3 is 2.91 bits per heavy atom. The van der Waals surface area contributed by atoms with E-state index in [1.54, 1.807) is 18.3 Å². The average Bonchev–Trinajstić information content (AvgIpc) is 3.31. The molecule has 1 aliphatic heterocycles. The SMILES string of the molecule is CC(=O)Nc1cc(Oc2cnc3nc(Nc4cc5n(n4)CCCC5(C)C)sc3n2)ccn1. The largest absolute Gasteiger partial charge is 0.437 e. The lowest BCUT2D eigenvalue weighted by Gasteiger charge is -2.30. The summed E-state index contributed by atoms with van der Waals surface area (Å²) < 4.78 is 7.87. The van der Waals surface area contributed by atoms with Crippen molar-refractivity contribution in [3.05, 3.63) is 36.3 Å². The van der Waals surface area contributed by atoms with Crippen LogP contribution in [-0.2, 0) is 16.8 Å². The van der Waals surface area contributed by atoms with E-state index in [9.17, 15) is 4.79 Å². The Kier molecular flexibility index (Phi) is 4.97. The molecular formula is C21H22N8O2S. The maximum absolute atomic E-state index is 11.2. The molecule has 0 saturated heterocycles. The van der Waals surface area contributed by atoms with Crippen LogP contribution in [-0.4, -0.2) is 35.6 Å². The summed E-state index contributed by atoms with van der Waals surface area (Å²) in [6.45, 7) is 6.85. The lowest BCUT2D eigenvalue weighted by Crippen LogP contribution is -2.27. The fourth-order valence-electron chi connectivity index (χ4n) is 3.75. The molecule has 0 radical (unpaired) electrons. The van der Waals surface area contributed by atoms with Crippen LogP contribution in [0.25, 0.3) is 10.5 Å². The van der Waals surface area contributed by atoms with Crippen molar-refractivity contribution >= 4 is 44.5 Å². The molecular weight excluding hydrogens is 428 g/mol. The topological polar surface area (TPSA) is 120 Å². The second-order valence-electron chi connectivity index (χ2n) is 8.27. The Labute approximate surface area is 188 Å². The third-order valence-corrected chi connectivity index (χ3v) is 6.09. The third-order valence-electron chi connectivity index (χ3n) is 5.24. The summed E-state index contributed by atoms with van der Waals surface area (Å²) in [7, 11) is 0. The summed E-state index contributed by atoms with van der Waals surface area (Å²) in [6, 6.07) is 5.39. The van der Waals surface area contributed by atoms with Crippen molar-refractivity contribution in [2.45, 2.75) is 45.6 Å².